The highest BCUT2D eigenvalue weighted by Gasteiger charge is 2.24. The summed E-state index contributed by atoms with van der Waals surface area (Å²) in [7, 11) is 0. The van der Waals surface area contributed by atoms with Crippen molar-refractivity contribution in [2.24, 2.45) is 5.73 Å². The maximum atomic E-state index is 5.88. The Bertz CT molecular complexity index is 315. The second kappa shape index (κ2) is 5.71. The molecule has 0 aromatic heterocycles. The van der Waals surface area contributed by atoms with Gasteiger partial charge in [-0.2, -0.15) is 11.8 Å². The highest BCUT2D eigenvalue weighted by molar-refractivity contribution is 7.98. The quantitative estimate of drug-likeness (QED) is 0.849. The first-order valence-electron chi connectivity index (χ1n) is 5.85. The third-order valence-electron chi connectivity index (χ3n) is 3.31. The van der Waals surface area contributed by atoms with Crippen LogP contribution in [0.15, 0.2) is 24.3 Å². The molecule has 2 rings (SSSR count). The van der Waals surface area contributed by atoms with Crippen molar-refractivity contribution in [2.75, 3.05) is 18.6 Å². The number of nitrogens with zero attached hydrogens (tertiary/aromatic N) is 1. The van der Waals surface area contributed by atoms with Gasteiger partial charge in [0.05, 0.1) is 0 Å². The zero-order valence-electron chi connectivity index (χ0n) is 9.86. The van der Waals surface area contributed by atoms with Crippen LogP contribution in [0.5, 0.6) is 0 Å². The van der Waals surface area contributed by atoms with Gasteiger partial charge in [-0.05, 0) is 29.6 Å². The molecule has 1 aliphatic heterocycles. The van der Waals surface area contributed by atoms with E-state index in [1.54, 1.807) is 0 Å². The molecule has 1 aromatic carbocycles. The topological polar surface area (TPSA) is 29.3 Å². The molecule has 88 valence electrons. The molecule has 1 aromatic rings. The van der Waals surface area contributed by atoms with E-state index in [1.165, 1.54) is 23.3 Å². The fourth-order valence-corrected chi connectivity index (χ4v) is 2.83. The van der Waals surface area contributed by atoms with Gasteiger partial charge in [0, 0.05) is 25.7 Å². The molecule has 2 nitrogen and oxygen atoms in total. The first kappa shape index (κ1) is 12.0. The first-order valence-corrected chi connectivity index (χ1v) is 7.24. The van der Waals surface area contributed by atoms with E-state index in [4.69, 9.17) is 5.73 Å². The average Bonchev–Trinajstić information content (AvgIpc) is 2.73. The van der Waals surface area contributed by atoms with Crippen LogP contribution < -0.4 is 5.73 Å². The number of nitrogens with two attached hydrogens (primary N) is 1. The molecule has 3 heteroatoms. The van der Waals surface area contributed by atoms with E-state index in [0.717, 1.165) is 19.6 Å². The van der Waals surface area contributed by atoms with Crippen LogP contribution in [0.1, 0.15) is 17.5 Å². The van der Waals surface area contributed by atoms with Gasteiger partial charge < -0.3 is 5.73 Å². The lowest BCUT2D eigenvalue weighted by Crippen LogP contribution is -2.37. The number of thioether (sulfide) groups is 1. The number of benzene rings is 1. The van der Waals surface area contributed by atoms with Crippen molar-refractivity contribution in [1.82, 2.24) is 4.90 Å². The van der Waals surface area contributed by atoms with Crippen LogP contribution in [0.25, 0.3) is 0 Å². The van der Waals surface area contributed by atoms with Gasteiger partial charge in [-0.15, -0.1) is 0 Å². The monoisotopic (exact) mass is 236 g/mol. The molecule has 0 amide bonds. The third kappa shape index (κ3) is 2.59. The molecule has 0 aliphatic carbocycles. The van der Waals surface area contributed by atoms with Crippen molar-refractivity contribution >= 4 is 11.8 Å². The third-order valence-corrected chi connectivity index (χ3v) is 3.95. The van der Waals surface area contributed by atoms with E-state index >= 15 is 0 Å². The van der Waals surface area contributed by atoms with Gasteiger partial charge in [-0.25, -0.2) is 0 Å². The summed E-state index contributed by atoms with van der Waals surface area (Å²) >= 11 is 1.91. The second-order valence-corrected chi connectivity index (χ2v) is 5.33. The highest BCUT2D eigenvalue weighted by atomic mass is 32.2. The molecule has 1 heterocycles. The minimum absolute atomic E-state index is 0.542. The van der Waals surface area contributed by atoms with Gasteiger partial charge in [0.2, 0.25) is 0 Å². The fraction of sp³-hybridized carbons (Fsp3) is 0.538. The van der Waals surface area contributed by atoms with Crippen molar-refractivity contribution in [3.05, 3.63) is 35.4 Å². The van der Waals surface area contributed by atoms with Crippen LogP contribution in [0.3, 0.4) is 0 Å². The maximum Gasteiger partial charge on any atom is 0.0244 e. The molecule has 16 heavy (non-hydrogen) atoms. The average molecular weight is 236 g/mol. The molecule has 0 saturated heterocycles. The zero-order chi connectivity index (χ0) is 11.4. The molecule has 1 aliphatic rings. The molecule has 1 atom stereocenters. The van der Waals surface area contributed by atoms with Crippen LogP contribution in [0, 0.1) is 0 Å². The van der Waals surface area contributed by atoms with Crippen LogP contribution in [0.2, 0.25) is 0 Å². The summed E-state index contributed by atoms with van der Waals surface area (Å²) in [6, 6.07) is 9.26. The van der Waals surface area contributed by atoms with Crippen LogP contribution in [-0.4, -0.2) is 29.5 Å². The summed E-state index contributed by atoms with van der Waals surface area (Å²) in [6.45, 7) is 2.92. The van der Waals surface area contributed by atoms with Crippen molar-refractivity contribution in [3.8, 4) is 0 Å². The molecule has 1 unspecified atom stereocenters. The van der Waals surface area contributed by atoms with E-state index in [2.05, 4.69) is 35.4 Å². The van der Waals surface area contributed by atoms with Crippen molar-refractivity contribution in [1.29, 1.82) is 0 Å². The zero-order valence-corrected chi connectivity index (χ0v) is 10.7. The first-order chi connectivity index (χ1) is 7.85. The standard InChI is InChI=1S/C13H20N2S/c1-16-7-6-13(8-14)15-9-11-4-2-3-5-12(11)10-15/h2-5,13H,6-10,14H2,1H3. The Morgan fingerprint density at radius 3 is 2.44 bits per heavy atom. The smallest absolute Gasteiger partial charge is 0.0244 e. The Morgan fingerprint density at radius 1 is 1.31 bits per heavy atom. The van der Waals surface area contributed by atoms with Gasteiger partial charge in [0.15, 0.2) is 0 Å². The van der Waals surface area contributed by atoms with E-state index < -0.39 is 0 Å². The van der Waals surface area contributed by atoms with Crippen LogP contribution >= 0.6 is 11.8 Å². The van der Waals surface area contributed by atoms with Gasteiger partial charge in [-0.1, -0.05) is 24.3 Å². The molecule has 0 saturated carbocycles. The van der Waals surface area contributed by atoms with E-state index in [1.807, 2.05) is 11.8 Å². The predicted octanol–water partition coefficient (Wildman–Crippen LogP) is 2.08. The fourth-order valence-electron chi connectivity index (χ4n) is 2.32. The summed E-state index contributed by atoms with van der Waals surface area (Å²) in [5.74, 6) is 1.20. The molecular formula is C13H20N2S. The molecule has 0 bridgehead atoms. The summed E-state index contributed by atoms with van der Waals surface area (Å²) in [5, 5.41) is 0. The lowest BCUT2D eigenvalue weighted by molar-refractivity contribution is 0.199. The van der Waals surface area contributed by atoms with E-state index in [0.29, 0.717) is 6.04 Å². The largest absolute Gasteiger partial charge is 0.329 e. The predicted molar refractivity (Wildman–Crippen MR) is 71.5 cm³/mol. The minimum Gasteiger partial charge on any atom is -0.329 e. The van der Waals surface area contributed by atoms with E-state index in [9.17, 15) is 0 Å². The highest BCUT2D eigenvalue weighted by Crippen LogP contribution is 2.25. The van der Waals surface area contributed by atoms with Crippen molar-refractivity contribution in [2.45, 2.75) is 25.6 Å². The summed E-state index contributed by atoms with van der Waals surface area (Å²) in [6.07, 6.45) is 3.36. The summed E-state index contributed by atoms with van der Waals surface area (Å²) < 4.78 is 0. The normalized spacial score (nSPS) is 17.4. The van der Waals surface area contributed by atoms with Crippen LogP contribution in [0.4, 0.5) is 0 Å². The van der Waals surface area contributed by atoms with Gasteiger partial charge in [-0.3, -0.25) is 4.90 Å². The van der Waals surface area contributed by atoms with Crippen molar-refractivity contribution < 1.29 is 0 Å². The molecule has 0 spiro atoms. The summed E-state index contributed by atoms with van der Waals surface area (Å²) in [4.78, 5) is 2.51. The lowest BCUT2D eigenvalue weighted by atomic mass is 10.1. The maximum absolute atomic E-state index is 5.88. The van der Waals surface area contributed by atoms with Gasteiger partial charge in [0.1, 0.15) is 0 Å². The Kier molecular flexibility index (Phi) is 4.27. The molecule has 2 N–H and O–H groups in total. The Balaban J connectivity index is 1.98. The number of hydrogen-bond donors (Lipinski definition) is 1. The molecular weight excluding hydrogens is 216 g/mol. The lowest BCUT2D eigenvalue weighted by Gasteiger charge is -2.25. The molecule has 0 fully saturated rings. The number of rotatable bonds is 5. The number of fused-ring (bicyclic) bond motifs is 1. The molecule has 0 radical (unpaired) electrons. The Hall–Kier alpha value is -0.510. The van der Waals surface area contributed by atoms with E-state index in [-0.39, 0.29) is 0 Å². The van der Waals surface area contributed by atoms with Crippen molar-refractivity contribution in [3.63, 3.8) is 0 Å². The Morgan fingerprint density at radius 2 is 1.94 bits per heavy atom. The number of hydrogen-bond acceptors (Lipinski definition) is 3. The Labute approximate surface area is 102 Å². The second-order valence-electron chi connectivity index (χ2n) is 4.34. The SMILES string of the molecule is CSCCC(CN)N1Cc2ccccc2C1. The van der Waals surface area contributed by atoms with Gasteiger partial charge in [0.25, 0.3) is 0 Å². The summed E-state index contributed by atoms with van der Waals surface area (Å²) in [5.41, 5.74) is 8.83. The van der Waals surface area contributed by atoms with Gasteiger partial charge >= 0.3 is 0 Å². The minimum atomic E-state index is 0.542. The van der Waals surface area contributed by atoms with Crippen LogP contribution in [-0.2, 0) is 13.1 Å².